The molecule has 0 aliphatic rings. The van der Waals surface area contributed by atoms with Crippen LogP contribution in [0.15, 0.2) is 38.5 Å². The number of hydrogen-bond acceptors (Lipinski definition) is 5. The molecule has 1 atom stereocenters. The van der Waals surface area contributed by atoms with E-state index < -0.39 is 16.1 Å². The fourth-order valence-corrected chi connectivity index (χ4v) is 4.12. The van der Waals surface area contributed by atoms with Crippen LogP contribution in [0.4, 0.5) is 0 Å². The number of rotatable bonds is 6. The van der Waals surface area contributed by atoms with Gasteiger partial charge in [0.1, 0.15) is 9.97 Å². The van der Waals surface area contributed by atoms with Crippen molar-refractivity contribution < 1.29 is 12.8 Å². The van der Waals surface area contributed by atoms with E-state index in [1.54, 1.807) is 25.1 Å². The van der Waals surface area contributed by atoms with E-state index in [0.717, 1.165) is 5.56 Å². The molecule has 1 unspecified atom stereocenters. The molecule has 0 spiro atoms. The maximum absolute atomic E-state index is 12.2. The lowest BCUT2D eigenvalue weighted by Crippen LogP contribution is -2.25. The highest BCUT2D eigenvalue weighted by Crippen LogP contribution is 2.23. The van der Waals surface area contributed by atoms with Crippen LogP contribution >= 0.6 is 11.3 Å². The van der Waals surface area contributed by atoms with Gasteiger partial charge >= 0.3 is 0 Å². The van der Waals surface area contributed by atoms with Crippen molar-refractivity contribution >= 4 is 21.4 Å². The summed E-state index contributed by atoms with van der Waals surface area (Å²) in [6.45, 7) is 2.40. The van der Waals surface area contributed by atoms with Crippen molar-refractivity contribution in [3.8, 4) is 0 Å². The van der Waals surface area contributed by atoms with Crippen LogP contribution in [0.2, 0.25) is 0 Å². The first-order valence-corrected chi connectivity index (χ1v) is 8.17. The third-order valence-electron chi connectivity index (χ3n) is 2.58. The molecule has 7 heteroatoms. The summed E-state index contributed by atoms with van der Waals surface area (Å²) in [5.74, 6) is 0.593. The normalized spacial score (nSPS) is 13.6. The van der Waals surface area contributed by atoms with Crippen molar-refractivity contribution in [2.24, 2.45) is 0 Å². The minimum absolute atomic E-state index is 0.316. The van der Waals surface area contributed by atoms with Crippen LogP contribution in [0.3, 0.4) is 0 Å². The first kappa shape index (κ1) is 14.3. The number of thiophene rings is 1. The molecule has 0 radical (unpaired) electrons. The van der Waals surface area contributed by atoms with Gasteiger partial charge < -0.3 is 9.73 Å². The Morgan fingerprint density at radius 2 is 2.26 bits per heavy atom. The molecule has 0 amide bonds. The van der Waals surface area contributed by atoms with Crippen molar-refractivity contribution in [1.82, 2.24) is 10.0 Å². The highest BCUT2D eigenvalue weighted by Gasteiger charge is 2.21. The lowest BCUT2D eigenvalue weighted by Gasteiger charge is -2.10. The summed E-state index contributed by atoms with van der Waals surface area (Å²) < 4.78 is 32.5. The minimum Gasteiger partial charge on any atom is -0.468 e. The molecule has 2 heterocycles. The summed E-state index contributed by atoms with van der Waals surface area (Å²) in [6, 6.07) is 4.76. The predicted octanol–water partition coefficient (Wildman–Crippen LogP) is 2.10. The molecule has 104 valence electrons. The zero-order valence-electron chi connectivity index (χ0n) is 10.7. The van der Waals surface area contributed by atoms with Gasteiger partial charge in [-0.05, 0) is 43.1 Å². The summed E-state index contributed by atoms with van der Waals surface area (Å²) in [7, 11) is -1.68. The lowest BCUT2D eigenvalue weighted by molar-refractivity contribution is 0.459. The molecule has 0 aromatic carbocycles. The maximum Gasteiger partial charge on any atom is 0.250 e. The second-order valence-corrected chi connectivity index (χ2v) is 7.01. The Kier molecular flexibility index (Phi) is 4.41. The molecular weight excluding hydrogens is 284 g/mol. The zero-order chi connectivity index (χ0) is 13.9. The van der Waals surface area contributed by atoms with E-state index in [-0.39, 0.29) is 0 Å². The number of hydrogen-bond donors (Lipinski definition) is 2. The van der Waals surface area contributed by atoms with Gasteiger partial charge in [0.05, 0.1) is 12.3 Å². The Bertz CT molecular complexity index is 617. The van der Waals surface area contributed by atoms with Gasteiger partial charge in [0, 0.05) is 6.54 Å². The third kappa shape index (κ3) is 3.44. The molecule has 2 aromatic heterocycles. The van der Waals surface area contributed by atoms with E-state index >= 15 is 0 Å². The quantitative estimate of drug-likeness (QED) is 0.857. The monoisotopic (exact) mass is 300 g/mol. The summed E-state index contributed by atoms with van der Waals surface area (Å²) in [5.41, 5.74) is 0.957. The van der Waals surface area contributed by atoms with Crippen molar-refractivity contribution in [3.63, 3.8) is 0 Å². The molecule has 2 aromatic rings. The number of furan rings is 1. The summed E-state index contributed by atoms with van der Waals surface area (Å²) in [6.07, 6.45) is 1.52. The van der Waals surface area contributed by atoms with Gasteiger partial charge in [-0.1, -0.05) is 0 Å². The molecule has 19 heavy (non-hydrogen) atoms. The van der Waals surface area contributed by atoms with Gasteiger partial charge in [0.15, 0.2) is 0 Å². The molecule has 0 saturated carbocycles. The Balaban J connectivity index is 2.13. The smallest absolute Gasteiger partial charge is 0.250 e. The van der Waals surface area contributed by atoms with Crippen LogP contribution in [0.25, 0.3) is 0 Å². The fourth-order valence-electron chi connectivity index (χ4n) is 1.68. The van der Waals surface area contributed by atoms with E-state index in [1.807, 2.05) is 12.4 Å². The minimum atomic E-state index is -3.50. The molecule has 5 nitrogen and oxygen atoms in total. The average Bonchev–Trinajstić information content (AvgIpc) is 2.99. The van der Waals surface area contributed by atoms with E-state index in [0.29, 0.717) is 16.5 Å². The van der Waals surface area contributed by atoms with Gasteiger partial charge in [-0.3, -0.25) is 0 Å². The molecule has 2 N–H and O–H groups in total. The highest BCUT2D eigenvalue weighted by atomic mass is 32.2. The highest BCUT2D eigenvalue weighted by molar-refractivity contribution is 7.91. The molecule has 0 aliphatic heterocycles. The standard InChI is InChI=1S/C12H16N2O3S2/c1-9(11-4-3-5-17-11)14-19(15,16)12-6-10(7-13-2)8-18-12/h3-6,8-9,13-14H,7H2,1-2H3. The Hall–Kier alpha value is -1.15. The Labute approximate surface area is 116 Å². The number of sulfonamides is 1. The van der Waals surface area contributed by atoms with Crippen LogP contribution in [0.1, 0.15) is 24.3 Å². The average molecular weight is 300 g/mol. The first-order chi connectivity index (χ1) is 9.03. The van der Waals surface area contributed by atoms with Gasteiger partial charge in [0.2, 0.25) is 0 Å². The zero-order valence-corrected chi connectivity index (χ0v) is 12.3. The molecule has 0 saturated heterocycles. The summed E-state index contributed by atoms with van der Waals surface area (Å²) in [4.78, 5) is 0. The fraction of sp³-hybridized carbons (Fsp3) is 0.333. The predicted molar refractivity (Wildman–Crippen MR) is 74.5 cm³/mol. The lowest BCUT2D eigenvalue weighted by atomic mass is 10.3. The van der Waals surface area contributed by atoms with Crippen LogP contribution in [-0.2, 0) is 16.6 Å². The Morgan fingerprint density at radius 1 is 1.47 bits per heavy atom. The van der Waals surface area contributed by atoms with Crippen molar-refractivity contribution in [2.75, 3.05) is 7.05 Å². The van der Waals surface area contributed by atoms with Gasteiger partial charge in [-0.2, -0.15) is 0 Å². The molecular formula is C12H16N2O3S2. The van der Waals surface area contributed by atoms with Crippen LogP contribution in [-0.4, -0.2) is 15.5 Å². The molecule has 0 bridgehead atoms. The topological polar surface area (TPSA) is 71.3 Å². The van der Waals surface area contributed by atoms with Crippen molar-refractivity contribution in [1.29, 1.82) is 0 Å². The second-order valence-electron chi connectivity index (χ2n) is 4.16. The van der Waals surface area contributed by atoms with Crippen LogP contribution in [0.5, 0.6) is 0 Å². The SMILES string of the molecule is CNCc1csc(S(=O)(=O)NC(C)c2ccco2)c1. The maximum atomic E-state index is 12.2. The second kappa shape index (κ2) is 5.87. The van der Waals surface area contributed by atoms with Crippen LogP contribution < -0.4 is 10.0 Å². The van der Waals surface area contributed by atoms with E-state index in [9.17, 15) is 8.42 Å². The van der Waals surface area contributed by atoms with Crippen LogP contribution in [0, 0.1) is 0 Å². The summed E-state index contributed by atoms with van der Waals surface area (Å²) in [5, 5.41) is 4.82. The van der Waals surface area contributed by atoms with Crippen molar-refractivity contribution in [2.45, 2.75) is 23.7 Å². The van der Waals surface area contributed by atoms with Gasteiger partial charge in [-0.15, -0.1) is 11.3 Å². The molecule has 0 fully saturated rings. The Morgan fingerprint density at radius 3 is 2.89 bits per heavy atom. The van der Waals surface area contributed by atoms with E-state index in [2.05, 4.69) is 10.0 Å². The summed E-state index contributed by atoms with van der Waals surface area (Å²) >= 11 is 1.21. The van der Waals surface area contributed by atoms with Crippen molar-refractivity contribution in [3.05, 3.63) is 41.2 Å². The molecule has 0 aliphatic carbocycles. The first-order valence-electron chi connectivity index (χ1n) is 5.80. The van der Waals surface area contributed by atoms with Gasteiger partial charge in [0.25, 0.3) is 10.0 Å². The number of nitrogens with one attached hydrogen (secondary N) is 2. The third-order valence-corrected chi connectivity index (χ3v) is 5.61. The molecule has 2 rings (SSSR count). The largest absolute Gasteiger partial charge is 0.468 e. The van der Waals surface area contributed by atoms with Gasteiger partial charge in [-0.25, -0.2) is 13.1 Å². The van der Waals surface area contributed by atoms with E-state index in [4.69, 9.17) is 4.42 Å². The van der Waals surface area contributed by atoms with E-state index in [1.165, 1.54) is 17.6 Å².